The second-order valence-electron chi connectivity index (χ2n) is 4.64. The van der Waals surface area contributed by atoms with Crippen LogP contribution >= 0.6 is 0 Å². The molecule has 0 amide bonds. The van der Waals surface area contributed by atoms with Crippen molar-refractivity contribution in [1.82, 2.24) is 0 Å². The van der Waals surface area contributed by atoms with Crippen LogP contribution in [0.15, 0.2) is 36.4 Å². The van der Waals surface area contributed by atoms with E-state index in [9.17, 15) is 10.2 Å². The number of hydrogen-bond donors (Lipinski definition) is 3. The number of phenols is 2. The fraction of sp³-hybridized carbons (Fsp3) is 0.250. The van der Waals surface area contributed by atoms with Gasteiger partial charge in [0.1, 0.15) is 0 Å². The second kappa shape index (κ2) is 5.65. The number of benzene rings is 2. The lowest BCUT2D eigenvalue weighted by atomic mass is 10.1. The molecule has 0 aromatic heterocycles. The maximum absolute atomic E-state index is 9.47. The number of anilines is 1. The van der Waals surface area contributed by atoms with Crippen molar-refractivity contribution in [2.45, 2.75) is 26.8 Å². The Morgan fingerprint density at radius 2 is 1.84 bits per heavy atom. The Labute approximate surface area is 113 Å². The first kappa shape index (κ1) is 13.3. The van der Waals surface area contributed by atoms with Crippen molar-refractivity contribution in [2.24, 2.45) is 0 Å². The molecule has 0 unspecified atom stereocenters. The Morgan fingerprint density at radius 3 is 2.53 bits per heavy atom. The number of aryl methyl sites for hydroxylation is 2. The highest BCUT2D eigenvalue weighted by atomic mass is 16.3. The molecule has 0 heterocycles. The highest BCUT2D eigenvalue weighted by Gasteiger charge is 2.05. The molecule has 3 N–H and O–H groups in total. The van der Waals surface area contributed by atoms with Crippen LogP contribution in [0, 0.1) is 6.92 Å². The normalized spacial score (nSPS) is 10.4. The average molecular weight is 257 g/mol. The summed E-state index contributed by atoms with van der Waals surface area (Å²) in [4.78, 5) is 0. The van der Waals surface area contributed by atoms with Crippen LogP contribution in [0.2, 0.25) is 0 Å². The van der Waals surface area contributed by atoms with E-state index in [-0.39, 0.29) is 11.5 Å². The van der Waals surface area contributed by atoms with Crippen LogP contribution < -0.4 is 5.32 Å². The average Bonchev–Trinajstić information content (AvgIpc) is 2.41. The molecular formula is C16H19NO2. The maximum Gasteiger partial charge on any atom is 0.157 e. The van der Waals surface area contributed by atoms with Crippen molar-refractivity contribution in [2.75, 3.05) is 5.32 Å². The van der Waals surface area contributed by atoms with Gasteiger partial charge in [0.15, 0.2) is 11.5 Å². The smallest absolute Gasteiger partial charge is 0.157 e. The Hall–Kier alpha value is -2.16. The molecule has 0 bridgehead atoms. The Bertz CT molecular complexity index is 579. The number of phenolic OH excluding ortho intramolecular Hbond substituents is 2. The Balaban J connectivity index is 2.16. The molecule has 0 atom stereocenters. The fourth-order valence-corrected chi connectivity index (χ4v) is 2.15. The van der Waals surface area contributed by atoms with Crippen LogP contribution in [0.5, 0.6) is 11.5 Å². The molecule has 0 aliphatic heterocycles. The lowest BCUT2D eigenvalue weighted by Crippen LogP contribution is -2.03. The minimum atomic E-state index is -0.0890. The molecular weight excluding hydrogens is 238 g/mol. The number of nitrogens with one attached hydrogen (secondary N) is 1. The van der Waals surface area contributed by atoms with Crippen molar-refractivity contribution in [3.05, 3.63) is 53.1 Å². The summed E-state index contributed by atoms with van der Waals surface area (Å²) >= 11 is 0. The summed E-state index contributed by atoms with van der Waals surface area (Å²) in [5.74, 6) is -0.173. The third-order valence-electron chi connectivity index (χ3n) is 3.25. The molecule has 2 rings (SSSR count). The predicted molar refractivity (Wildman–Crippen MR) is 77.7 cm³/mol. The maximum atomic E-state index is 9.47. The van der Waals surface area contributed by atoms with E-state index in [1.54, 1.807) is 12.1 Å². The molecule has 0 aliphatic carbocycles. The largest absolute Gasteiger partial charge is 0.504 e. The van der Waals surface area contributed by atoms with Crippen molar-refractivity contribution in [3.63, 3.8) is 0 Å². The molecule has 100 valence electrons. The van der Waals surface area contributed by atoms with Crippen LogP contribution in [0.4, 0.5) is 5.69 Å². The van der Waals surface area contributed by atoms with Crippen LogP contribution in [-0.2, 0) is 13.0 Å². The number of rotatable bonds is 4. The van der Waals surface area contributed by atoms with E-state index < -0.39 is 0 Å². The molecule has 0 aliphatic rings. The summed E-state index contributed by atoms with van der Waals surface area (Å²) in [6.07, 6.45) is 0.977. The summed E-state index contributed by atoms with van der Waals surface area (Å²) in [5.41, 5.74) is 4.57. The monoisotopic (exact) mass is 257 g/mol. The van der Waals surface area contributed by atoms with Crippen LogP contribution in [0.25, 0.3) is 0 Å². The number of aromatic hydroxyl groups is 2. The molecule has 0 spiro atoms. The van der Waals surface area contributed by atoms with E-state index >= 15 is 0 Å². The van der Waals surface area contributed by atoms with E-state index in [0.717, 1.165) is 17.7 Å². The molecule has 0 saturated carbocycles. The van der Waals surface area contributed by atoms with E-state index in [2.05, 4.69) is 37.4 Å². The molecule has 3 nitrogen and oxygen atoms in total. The van der Waals surface area contributed by atoms with Gasteiger partial charge in [0.05, 0.1) is 0 Å². The standard InChI is InChI=1S/C16H19NO2/c1-3-13-6-4-5-11(2)16(13)17-10-12-7-8-14(18)15(19)9-12/h4-9,17-19H,3,10H2,1-2H3. The summed E-state index contributed by atoms with van der Waals surface area (Å²) in [5, 5.41) is 22.2. The van der Waals surface area contributed by atoms with Crippen LogP contribution in [-0.4, -0.2) is 10.2 Å². The fourth-order valence-electron chi connectivity index (χ4n) is 2.15. The molecule has 19 heavy (non-hydrogen) atoms. The quantitative estimate of drug-likeness (QED) is 0.734. The van der Waals surface area contributed by atoms with E-state index in [1.807, 2.05) is 0 Å². The molecule has 0 fully saturated rings. The Morgan fingerprint density at radius 1 is 1.05 bits per heavy atom. The molecule has 2 aromatic rings. The Kier molecular flexibility index (Phi) is 3.95. The third-order valence-corrected chi connectivity index (χ3v) is 3.25. The molecule has 0 radical (unpaired) electrons. The number of para-hydroxylation sites is 1. The number of hydrogen-bond acceptors (Lipinski definition) is 3. The zero-order valence-electron chi connectivity index (χ0n) is 11.3. The van der Waals surface area contributed by atoms with E-state index in [0.29, 0.717) is 6.54 Å². The van der Waals surface area contributed by atoms with Crippen molar-refractivity contribution >= 4 is 5.69 Å². The minimum Gasteiger partial charge on any atom is -0.504 e. The van der Waals surface area contributed by atoms with Gasteiger partial charge in [-0.1, -0.05) is 31.2 Å². The summed E-state index contributed by atoms with van der Waals surface area (Å²) in [6, 6.07) is 11.1. The second-order valence-corrected chi connectivity index (χ2v) is 4.64. The highest BCUT2D eigenvalue weighted by molar-refractivity contribution is 5.57. The van der Waals surface area contributed by atoms with Gasteiger partial charge in [-0.05, 0) is 42.2 Å². The first-order valence-corrected chi connectivity index (χ1v) is 6.45. The zero-order chi connectivity index (χ0) is 13.8. The topological polar surface area (TPSA) is 52.5 Å². The molecule has 0 saturated heterocycles. The zero-order valence-corrected chi connectivity index (χ0v) is 11.3. The van der Waals surface area contributed by atoms with Gasteiger partial charge in [-0.2, -0.15) is 0 Å². The van der Waals surface area contributed by atoms with Gasteiger partial charge in [-0.15, -0.1) is 0 Å². The highest BCUT2D eigenvalue weighted by Crippen LogP contribution is 2.26. The van der Waals surface area contributed by atoms with Gasteiger partial charge in [0, 0.05) is 12.2 Å². The first-order chi connectivity index (χ1) is 9.11. The van der Waals surface area contributed by atoms with Gasteiger partial charge < -0.3 is 15.5 Å². The van der Waals surface area contributed by atoms with Gasteiger partial charge in [0.25, 0.3) is 0 Å². The SMILES string of the molecule is CCc1cccc(C)c1NCc1ccc(O)c(O)c1. The van der Waals surface area contributed by atoms with Gasteiger partial charge in [-0.3, -0.25) is 0 Å². The van der Waals surface area contributed by atoms with Crippen molar-refractivity contribution in [1.29, 1.82) is 0 Å². The summed E-state index contributed by atoms with van der Waals surface area (Å²) < 4.78 is 0. The summed E-state index contributed by atoms with van der Waals surface area (Å²) in [6.45, 7) is 4.83. The summed E-state index contributed by atoms with van der Waals surface area (Å²) in [7, 11) is 0. The van der Waals surface area contributed by atoms with Gasteiger partial charge in [-0.25, -0.2) is 0 Å². The lowest BCUT2D eigenvalue weighted by Gasteiger charge is -2.14. The van der Waals surface area contributed by atoms with Crippen molar-refractivity contribution < 1.29 is 10.2 Å². The van der Waals surface area contributed by atoms with Crippen molar-refractivity contribution in [3.8, 4) is 11.5 Å². The third kappa shape index (κ3) is 2.99. The predicted octanol–water partition coefficient (Wildman–Crippen LogP) is 3.58. The lowest BCUT2D eigenvalue weighted by molar-refractivity contribution is 0.403. The molecule has 3 heteroatoms. The van der Waals surface area contributed by atoms with E-state index in [4.69, 9.17) is 0 Å². The van der Waals surface area contributed by atoms with Gasteiger partial charge >= 0.3 is 0 Å². The van der Waals surface area contributed by atoms with E-state index in [1.165, 1.54) is 17.2 Å². The van der Waals surface area contributed by atoms with Crippen LogP contribution in [0.3, 0.4) is 0 Å². The van der Waals surface area contributed by atoms with Crippen LogP contribution in [0.1, 0.15) is 23.6 Å². The molecule has 2 aromatic carbocycles. The minimum absolute atomic E-state index is 0.0835. The van der Waals surface area contributed by atoms with Gasteiger partial charge in [0.2, 0.25) is 0 Å². The first-order valence-electron chi connectivity index (χ1n) is 6.45.